The molecule has 0 amide bonds. The molecule has 2 N–H and O–H groups in total. The zero-order valence-electron chi connectivity index (χ0n) is 12.1. The lowest BCUT2D eigenvalue weighted by molar-refractivity contribution is 0.241. The van der Waals surface area contributed by atoms with E-state index in [2.05, 4.69) is 11.1 Å². The van der Waals surface area contributed by atoms with Gasteiger partial charge in [-0.1, -0.05) is 19.3 Å². The Morgan fingerprint density at radius 3 is 2.79 bits per heavy atom. The number of hydrogen-bond acceptors (Lipinski definition) is 3. The minimum Gasteiger partial charge on any atom is -0.489 e. The normalized spacial score (nSPS) is 24.2. The summed E-state index contributed by atoms with van der Waals surface area (Å²) < 4.78 is 5.75. The Morgan fingerprint density at radius 2 is 2.05 bits per heavy atom. The second kappa shape index (κ2) is 6.90. The lowest BCUT2D eigenvalue weighted by Gasteiger charge is -2.24. The van der Waals surface area contributed by atoms with Gasteiger partial charge in [0.15, 0.2) is 0 Å². The van der Waals surface area contributed by atoms with Crippen LogP contribution in [0.5, 0.6) is 5.75 Å². The van der Waals surface area contributed by atoms with Crippen LogP contribution in [-0.4, -0.2) is 17.6 Å². The quantitative estimate of drug-likeness (QED) is 0.845. The molecule has 0 bridgehead atoms. The van der Waals surface area contributed by atoms with Crippen LogP contribution in [0.15, 0.2) is 18.5 Å². The summed E-state index contributed by atoms with van der Waals surface area (Å²) in [6, 6.07) is 2.16. The van der Waals surface area contributed by atoms with Gasteiger partial charge < -0.3 is 10.5 Å². The highest BCUT2D eigenvalue weighted by Crippen LogP contribution is 2.36. The van der Waals surface area contributed by atoms with Crippen LogP contribution in [0.4, 0.5) is 0 Å². The average molecular weight is 262 g/mol. The third kappa shape index (κ3) is 3.93. The molecule has 2 rings (SSSR count). The maximum Gasteiger partial charge on any atom is 0.138 e. The summed E-state index contributed by atoms with van der Waals surface area (Å²) in [6.45, 7) is 4.86. The fourth-order valence-corrected chi connectivity index (χ4v) is 3.08. The third-order valence-corrected chi connectivity index (χ3v) is 4.00. The molecule has 1 aromatic rings. The molecule has 106 valence electrons. The monoisotopic (exact) mass is 262 g/mol. The molecule has 1 fully saturated rings. The van der Waals surface area contributed by atoms with Gasteiger partial charge in [-0.15, -0.1) is 0 Å². The maximum atomic E-state index is 5.97. The smallest absolute Gasteiger partial charge is 0.138 e. The minimum absolute atomic E-state index is 0.191. The van der Waals surface area contributed by atoms with Gasteiger partial charge in [-0.05, 0) is 56.7 Å². The van der Waals surface area contributed by atoms with Gasteiger partial charge >= 0.3 is 0 Å². The van der Waals surface area contributed by atoms with Crippen molar-refractivity contribution in [3.8, 4) is 5.75 Å². The van der Waals surface area contributed by atoms with Crippen LogP contribution in [0.2, 0.25) is 0 Å². The summed E-state index contributed by atoms with van der Waals surface area (Å²) >= 11 is 0. The van der Waals surface area contributed by atoms with Gasteiger partial charge in [-0.25, -0.2) is 0 Å². The highest BCUT2D eigenvalue weighted by molar-refractivity contribution is 5.27. The fraction of sp³-hybridized carbons (Fsp3) is 0.688. The number of nitrogens with zero attached hydrogens (tertiary/aromatic N) is 1. The predicted octanol–water partition coefficient (Wildman–Crippen LogP) is 3.49. The Bertz CT molecular complexity index is 392. The molecule has 0 saturated heterocycles. The van der Waals surface area contributed by atoms with Gasteiger partial charge in [0.05, 0.1) is 12.3 Å². The number of rotatable bonds is 4. The molecule has 2 unspecified atom stereocenters. The molecule has 0 spiro atoms. The van der Waals surface area contributed by atoms with Gasteiger partial charge in [0.25, 0.3) is 0 Å². The number of aromatic nitrogens is 1. The first-order chi connectivity index (χ1) is 9.20. The number of ether oxygens (including phenoxy) is 1. The predicted molar refractivity (Wildman–Crippen MR) is 78.4 cm³/mol. The topological polar surface area (TPSA) is 48.1 Å². The number of nitrogens with two attached hydrogens (primary N) is 1. The zero-order chi connectivity index (χ0) is 13.7. The van der Waals surface area contributed by atoms with Crippen molar-refractivity contribution in [1.82, 2.24) is 4.98 Å². The van der Waals surface area contributed by atoms with Crippen LogP contribution in [0.1, 0.15) is 57.4 Å². The Kier molecular flexibility index (Phi) is 5.20. The summed E-state index contributed by atoms with van der Waals surface area (Å²) in [5.41, 5.74) is 7.27. The van der Waals surface area contributed by atoms with Crippen molar-refractivity contribution in [3.63, 3.8) is 0 Å². The molecule has 1 aliphatic rings. The van der Waals surface area contributed by atoms with Crippen LogP contribution in [0.3, 0.4) is 0 Å². The van der Waals surface area contributed by atoms with Gasteiger partial charge in [0.1, 0.15) is 5.75 Å². The van der Waals surface area contributed by atoms with Gasteiger partial charge in [-0.3, -0.25) is 4.98 Å². The summed E-state index contributed by atoms with van der Waals surface area (Å²) in [6.07, 6.45) is 10.4. The van der Waals surface area contributed by atoms with E-state index >= 15 is 0 Å². The Balaban J connectivity index is 2.18. The minimum atomic E-state index is 0.191. The van der Waals surface area contributed by atoms with Gasteiger partial charge in [0, 0.05) is 6.20 Å². The van der Waals surface area contributed by atoms with Crippen LogP contribution < -0.4 is 10.5 Å². The highest BCUT2D eigenvalue weighted by atomic mass is 16.5. The van der Waals surface area contributed by atoms with Crippen molar-refractivity contribution in [2.75, 3.05) is 6.54 Å². The standard InChI is InChI=1S/C16H26N2O/c1-12(2)19-15-8-14(10-18-11-15)16-7-5-3-4-6-13(16)9-17/h8,10-13,16H,3-7,9,17H2,1-2H3. The number of pyridine rings is 1. The van der Waals surface area contributed by atoms with Crippen molar-refractivity contribution >= 4 is 0 Å². The highest BCUT2D eigenvalue weighted by Gasteiger charge is 2.24. The molecular formula is C16H26N2O. The van der Waals surface area contributed by atoms with Crippen molar-refractivity contribution in [2.24, 2.45) is 11.7 Å². The molecule has 1 saturated carbocycles. The summed E-state index contributed by atoms with van der Waals surface area (Å²) in [4.78, 5) is 4.35. The second-order valence-corrected chi connectivity index (χ2v) is 5.86. The van der Waals surface area contributed by atoms with Crippen LogP contribution in [0, 0.1) is 5.92 Å². The van der Waals surface area contributed by atoms with Gasteiger partial charge in [-0.2, -0.15) is 0 Å². The molecule has 0 aromatic carbocycles. The SMILES string of the molecule is CC(C)Oc1cncc(C2CCCCCC2CN)c1. The van der Waals surface area contributed by atoms with Crippen LogP contribution in [-0.2, 0) is 0 Å². The first-order valence-electron chi connectivity index (χ1n) is 7.52. The summed E-state index contributed by atoms with van der Waals surface area (Å²) in [5, 5.41) is 0. The van der Waals surface area contributed by atoms with E-state index in [9.17, 15) is 0 Å². The molecule has 1 aliphatic carbocycles. The number of hydrogen-bond donors (Lipinski definition) is 1. The molecule has 1 aromatic heterocycles. The largest absolute Gasteiger partial charge is 0.489 e. The molecule has 0 aliphatic heterocycles. The molecule has 1 heterocycles. The lowest BCUT2D eigenvalue weighted by atomic mass is 9.83. The Labute approximate surface area is 116 Å². The van der Waals surface area contributed by atoms with E-state index in [1.165, 1.54) is 37.7 Å². The van der Waals surface area contributed by atoms with E-state index in [4.69, 9.17) is 10.5 Å². The van der Waals surface area contributed by atoms with Gasteiger partial charge in [0.2, 0.25) is 0 Å². The molecule has 3 nitrogen and oxygen atoms in total. The first kappa shape index (κ1) is 14.3. The van der Waals surface area contributed by atoms with Crippen molar-refractivity contribution in [2.45, 2.75) is 58.0 Å². The lowest BCUT2D eigenvalue weighted by Crippen LogP contribution is -2.21. The molecule has 2 atom stereocenters. The van der Waals surface area contributed by atoms with Crippen molar-refractivity contribution in [3.05, 3.63) is 24.0 Å². The molecular weight excluding hydrogens is 236 g/mol. The van der Waals surface area contributed by atoms with Crippen molar-refractivity contribution in [1.29, 1.82) is 0 Å². The first-order valence-corrected chi connectivity index (χ1v) is 7.52. The second-order valence-electron chi connectivity index (χ2n) is 5.86. The van der Waals surface area contributed by atoms with Crippen LogP contribution in [0.25, 0.3) is 0 Å². The van der Waals surface area contributed by atoms with E-state index in [0.29, 0.717) is 11.8 Å². The van der Waals surface area contributed by atoms with E-state index in [1.54, 1.807) is 6.20 Å². The van der Waals surface area contributed by atoms with E-state index in [1.807, 2.05) is 20.0 Å². The summed E-state index contributed by atoms with van der Waals surface area (Å²) in [5.74, 6) is 2.03. The molecule has 19 heavy (non-hydrogen) atoms. The Hall–Kier alpha value is -1.09. The molecule has 3 heteroatoms. The van der Waals surface area contributed by atoms with E-state index in [0.717, 1.165) is 12.3 Å². The summed E-state index contributed by atoms with van der Waals surface area (Å²) in [7, 11) is 0. The van der Waals surface area contributed by atoms with Crippen molar-refractivity contribution < 1.29 is 4.74 Å². The molecule has 0 radical (unpaired) electrons. The third-order valence-electron chi connectivity index (χ3n) is 4.00. The fourth-order valence-electron chi connectivity index (χ4n) is 3.08. The Morgan fingerprint density at radius 1 is 1.26 bits per heavy atom. The van der Waals surface area contributed by atoms with E-state index in [-0.39, 0.29) is 6.10 Å². The maximum absolute atomic E-state index is 5.97. The van der Waals surface area contributed by atoms with E-state index < -0.39 is 0 Å². The average Bonchev–Trinajstić information content (AvgIpc) is 2.63. The van der Waals surface area contributed by atoms with Crippen LogP contribution >= 0.6 is 0 Å². The zero-order valence-corrected chi connectivity index (χ0v) is 12.1.